The number of benzene rings is 1. The molecule has 0 amide bonds. The van der Waals surface area contributed by atoms with Crippen LogP contribution in [0.5, 0.6) is 11.6 Å². The number of aromatic nitrogens is 2. The normalized spacial score (nSPS) is 14.0. The molecular formula is C22H21Cl2IN5O2P. The summed E-state index contributed by atoms with van der Waals surface area (Å²) in [6.07, 6.45) is 4.80. The lowest BCUT2D eigenvalue weighted by Crippen LogP contribution is -2.29. The van der Waals surface area contributed by atoms with Crippen molar-refractivity contribution in [1.29, 1.82) is 5.41 Å². The molecule has 0 saturated carbocycles. The van der Waals surface area contributed by atoms with E-state index in [-0.39, 0.29) is 0 Å². The molecule has 2 atom stereocenters. The molecule has 11 heteroatoms. The monoisotopic (exact) mass is 615 g/mol. The lowest BCUT2D eigenvalue weighted by Gasteiger charge is -2.27. The van der Waals surface area contributed by atoms with Crippen molar-refractivity contribution in [2.24, 2.45) is 0 Å². The number of fused-ring (bicyclic) bond motifs is 1. The van der Waals surface area contributed by atoms with Crippen molar-refractivity contribution in [2.75, 3.05) is 30.2 Å². The Morgan fingerprint density at radius 1 is 1.27 bits per heavy atom. The standard InChI is InChI=1S/C22H21Cl2IN5O2P/c1-12(20-16(23)10-27-11-17(20)24)32-14-3-4-18(29-33-25)15(8-14)21(26)13-7-19-22(28-9-13)31-6-5-30(19)2/h3-4,7-12,26,29,33H,5-6H2,1-2H3/t12-/m1/s1. The Hall–Kier alpha value is -1.87. The minimum absolute atomic E-state index is 0.333. The molecule has 1 aliphatic heterocycles. The highest BCUT2D eigenvalue weighted by Gasteiger charge is 2.21. The van der Waals surface area contributed by atoms with Crippen LogP contribution >= 0.6 is 51.6 Å². The highest BCUT2D eigenvalue weighted by atomic mass is 127. The molecular weight excluding hydrogens is 595 g/mol. The van der Waals surface area contributed by atoms with Gasteiger partial charge in [0.25, 0.3) is 0 Å². The molecule has 1 unspecified atom stereocenters. The van der Waals surface area contributed by atoms with Crippen LogP contribution in [0.1, 0.15) is 29.7 Å². The summed E-state index contributed by atoms with van der Waals surface area (Å²) < 4.78 is 11.8. The zero-order valence-electron chi connectivity index (χ0n) is 17.8. The van der Waals surface area contributed by atoms with Gasteiger partial charge in [-0.15, -0.1) is 0 Å². The van der Waals surface area contributed by atoms with E-state index in [4.69, 9.17) is 38.1 Å². The quantitative estimate of drug-likeness (QED) is 0.179. The summed E-state index contributed by atoms with van der Waals surface area (Å²) in [4.78, 5) is 10.5. The fourth-order valence-corrected chi connectivity index (χ4v) is 5.42. The third-order valence-electron chi connectivity index (χ3n) is 5.25. The van der Waals surface area contributed by atoms with E-state index in [1.807, 2.05) is 38.2 Å². The highest BCUT2D eigenvalue weighted by molar-refractivity contribution is 14.2. The molecule has 3 aromatic rings. The summed E-state index contributed by atoms with van der Waals surface area (Å²) in [5, 5.41) is 13.2. The molecule has 2 N–H and O–H groups in total. The van der Waals surface area contributed by atoms with Crippen LogP contribution < -0.4 is 19.5 Å². The lowest BCUT2D eigenvalue weighted by molar-refractivity contribution is 0.227. The van der Waals surface area contributed by atoms with Gasteiger partial charge in [-0.1, -0.05) is 23.2 Å². The average Bonchev–Trinajstić information content (AvgIpc) is 2.80. The minimum atomic E-state index is -0.406. The van der Waals surface area contributed by atoms with Crippen molar-refractivity contribution in [3.8, 4) is 11.6 Å². The van der Waals surface area contributed by atoms with E-state index in [2.05, 4.69) is 42.0 Å². The van der Waals surface area contributed by atoms with Gasteiger partial charge in [0.05, 0.1) is 22.3 Å². The fraction of sp³-hybridized carbons (Fsp3) is 0.227. The van der Waals surface area contributed by atoms with Crippen LogP contribution in [0.3, 0.4) is 0 Å². The van der Waals surface area contributed by atoms with Gasteiger partial charge in [0, 0.05) is 54.4 Å². The molecule has 0 fully saturated rings. The van der Waals surface area contributed by atoms with E-state index in [9.17, 15) is 0 Å². The van der Waals surface area contributed by atoms with Crippen molar-refractivity contribution in [3.63, 3.8) is 0 Å². The molecule has 1 aliphatic rings. The molecule has 1 aromatic carbocycles. The topological polar surface area (TPSA) is 83.4 Å². The zero-order chi connectivity index (χ0) is 23.5. The predicted molar refractivity (Wildman–Crippen MR) is 145 cm³/mol. The number of ether oxygens (including phenoxy) is 2. The van der Waals surface area contributed by atoms with E-state index in [0.717, 1.165) is 17.9 Å². The van der Waals surface area contributed by atoms with Crippen LogP contribution in [0, 0.1) is 5.41 Å². The Kier molecular flexibility index (Phi) is 7.79. The van der Waals surface area contributed by atoms with Crippen LogP contribution in [-0.4, -0.2) is 35.9 Å². The molecule has 0 spiro atoms. The first kappa shape index (κ1) is 24.3. The number of hydrogen-bond donors (Lipinski definition) is 2. The van der Waals surface area contributed by atoms with E-state index in [1.54, 1.807) is 18.6 Å². The number of anilines is 2. The highest BCUT2D eigenvalue weighted by Crippen LogP contribution is 2.36. The average molecular weight is 616 g/mol. The Labute approximate surface area is 217 Å². The summed E-state index contributed by atoms with van der Waals surface area (Å²) in [7, 11) is 1.99. The first-order valence-corrected chi connectivity index (χ1v) is 14.9. The zero-order valence-corrected chi connectivity index (χ0v) is 22.5. The van der Waals surface area contributed by atoms with Crippen LogP contribution in [0.2, 0.25) is 10.0 Å². The Morgan fingerprint density at radius 3 is 2.76 bits per heavy atom. The van der Waals surface area contributed by atoms with Gasteiger partial charge in [0.2, 0.25) is 5.88 Å². The Balaban J connectivity index is 1.67. The molecule has 3 heterocycles. The second-order valence-electron chi connectivity index (χ2n) is 7.40. The van der Waals surface area contributed by atoms with Gasteiger partial charge in [-0.2, -0.15) is 0 Å². The second kappa shape index (κ2) is 10.6. The molecule has 0 bridgehead atoms. The van der Waals surface area contributed by atoms with Crippen LogP contribution in [0.15, 0.2) is 42.9 Å². The van der Waals surface area contributed by atoms with Crippen molar-refractivity contribution in [1.82, 2.24) is 9.97 Å². The molecule has 0 saturated heterocycles. The number of hydrogen-bond acceptors (Lipinski definition) is 7. The summed E-state index contributed by atoms with van der Waals surface area (Å²) in [6, 6.07) is 7.56. The molecule has 0 radical (unpaired) electrons. The van der Waals surface area contributed by atoms with Crippen molar-refractivity contribution in [2.45, 2.75) is 13.0 Å². The fourth-order valence-electron chi connectivity index (χ4n) is 3.55. The first-order valence-electron chi connectivity index (χ1n) is 10.0. The Morgan fingerprint density at radius 2 is 2.03 bits per heavy atom. The number of pyridine rings is 2. The van der Waals surface area contributed by atoms with E-state index >= 15 is 0 Å². The maximum Gasteiger partial charge on any atom is 0.237 e. The molecule has 172 valence electrons. The number of nitrogens with zero attached hydrogens (tertiary/aromatic N) is 3. The molecule has 7 nitrogen and oxygen atoms in total. The van der Waals surface area contributed by atoms with E-state index in [1.165, 1.54) is 0 Å². The SMILES string of the molecule is C[C@@H](Oc1ccc(NPI)c(C(=N)c2cnc3c(c2)N(C)CCO3)c1)c1c(Cl)cncc1Cl. The number of likely N-dealkylation sites (N-methyl/N-ethyl adjacent to an activating group) is 1. The first-order chi connectivity index (χ1) is 15.9. The van der Waals surface area contributed by atoms with Crippen LogP contribution in [-0.2, 0) is 0 Å². The van der Waals surface area contributed by atoms with Crippen molar-refractivity contribution < 1.29 is 9.47 Å². The van der Waals surface area contributed by atoms with E-state index < -0.39 is 6.10 Å². The molecule has 2 aromatic heterocycles. The van der Waals surface area contributed by atoms with E-state index in [0.29, 0.717) is 57.1 Å². The Bertz CT molecular complexity index is 1180. The summed E-state index contributed by atoms with van der Waals surface area (Å²) in [5.74, 6) is 1.18. The number of rotatable bonds is 7. The molecule has 33 heavy (non-hydrogen) atoms. The molecule has 0 aliphatic carbocycles. The van der Waals surface area contributed by atoms with Gasteiger partial charge in [0.1, 0.15) is 24.1 Å². The van der Waals surface area contributed by atoms with Crippen molar-refractivity contribution >= 4 is 68.7 Å². The maximum absolute atomic E-state index is 8.94. The van der Waals surface area contributed by atoms with Gasteiger partial charge < -0.3 is 19.5 Å². The lowest BCUT2D eigenvalue weighted by atomic mass is 10.0. The maximum atomic E-state index is 8.94. The van der Waals surface area contributed by atoms with Crippen LogP contribution in [0.25, 0.3) is 0 Å². The number of halogens is 3. The largest absolute Gasteiger partial charge is 0.486 e. The predicted octanol–water partition coefficient (Wildman–Crippen LogP) is 6.52. The summed E-state index contributed by atoms with van der Waals surface area (Å²) >= 11 is 14.9. The third-order valence-corrected chi connectivity index (χ3v) is 7.02. The third kappa shape index (κ3) is 5.29. The smallest absolute Gasteiger partial charge is 0.237 e. The van der Waals surface area contributed by atoms with Gasteiger partial charge in [-0.25, -0.2) is 4.98 Å². The van der Waals surface area contributed by atoms with Gasteiger partial charge in [-0.05, 0) is 53.2 Å². The van der Waals surface area contributed by atoms with Gasteiger partial charge >= 0.3 is 0 Å². The second-order valence-corrected chi connectivity index (χ2v) is 10.3. The number of nitrogens with one attached hydrogen (secondary N) is 2. The van der Waals surface area contributed by atoms with Gasteiger partial charge in [-0.3, -0.25) is 10.4 Å². The van der Waals surface area contributed by atoms with Crippen LogP contribution in [0.4, 0.5) is 11.4 Å². The van der Waals surface area contributed by atoms with Gasteiger partial charge in [0.15, 0.2) is 0 Å². The molecule has 4 rings (SSSR count). The van der Waals surface area contributed by atoms with Crippen molar-refractivity contribution in [3.05, 3.63) is 69.6 Å². The summed E-state index contributed by atoms with van der Waals surface area (Å²) in [5.41, 5.74) is 4.11. The summed E-state index contributed by atoms with van der Waals surface area (Å²) in [6.45, 7) is 3.25. The minimum Gasteiger partial charge on any atom is -0.486 e.